The van der Waals surface area contributed by atoms with Gasteiger partial charge >= 0.3 is 0 Å². The predicted octanol–water partition coefficient (Wildman–Crippen LogP) is 15.5. The van der Waals surface area contributed by atoms with Crippen molar-refractivity contribution >= 4 is 65.0 Å². The van der Waals surface area contributed by atoms with E-state index in [1.54, 1.807) is 0 Å². The summed E-state index contributed by atoms with van der Waals surface area (Å²) < 4.78 is 2.38. The minimum absolute atomic E-state index is 0.0778. The van der Waals surface area contributed by atoms with Gasteiger partial charge in [0.2, 0.25) is 5.95 Å². The lowest BCUT2D eigenvalue weighted by Gasteiger charge is -2.21. The number of benzene rings is 10. The molecule has 290 valence electrons. The Morgan fingerprint density at radius 1 is 0.371 bits per heavy atom. The van der Waals surface area contributed by atoms with Crippen LogP contribution in [0.4, 0.5) is 0 Å². The summed E-state index contributed by atoms with van der Waals surface area (Å²) in [7, 11) is 0. The molecule has 0 atom stereocenters. The maximum Gasteiger partial charge on any atom is 0.235 e. The third-order valence-corrected chi connectivity index (χ3v) is 13.6. The highest BCUT2D eigenvalue weighted by molar-refractivity contribution is 6.33. The number of hydrogen-bond acceptors (Lipinski definition) is 2. The van der Waals surface area contributed by atoms with Crippen molar-refractivity contribution in [1.29, 1.82) is 0 Å². The van der Waals surface area contributed by atoms with Crippen molar-refractivity contribution in [2.45, 2.75) is 19.3 Å². The molecule has 0 bridgehead atoms. The molecule has 0 saturated heterocycles. The topological polar surface area (TPSA) is 30.7 Å². The van der Waals surface area contributed by atoms with E-state index in [9.17, 15) is 0 Å². The predicted molar refractivity (Wildman–Crippen MR) is 260 cm³/mol. The molecule has 3 nitrogen and oxygen atoms in total. The summed E-state index contributed by atoms with van der Waals surface area (Å²) in [6.07, 6.45) is 0. The zero-order chi connectivity index (χ0) is 41.1. The Balaban J connectivity index is 1.11. The average Bonchev–Trinajstić information content (AvgIpc) is 3.80. The van der Waals surface area contributed by atoms with Crippen molar-refractivity contribution < 1.29 is 0 Å². The van der Waals surface area contributed by atoms with Crippen LogP contribution in [0.5, 0.6) is 0 Å². The van der Waals surface area contributed by atoms with Gasteiger partial charge in [0.25, 0.3) is 0 Å². The van der Waals surface area contributed by atoms with E-state index in [4.69, 9.17) is 9.97 Å². The zero-order valence-corrected chi connectivity index (χ0v) is 34.4. The first kappa shape index (κ1) is 34.9. The highest BCUT2D eigenvalue weighted by Gasteiger charge is 2.35. The number of para-hydroxylation sites is 2. The highest BCUT2D eigenvalue weighted by Crippen LogP contribution is 2.51. The van der Waals surface area contributed by atoms with Gasteiger partial charge in [0.05, 0.1) is 22.2 Å². The second-order valence-corrected chi connectivity index (χ2v) is 17.3. The van der Waals surface area contributed by atoms with Gasteiger partial charge in [0.1, 0.15) is 0 Å². The Kier molecular flexibility index (Phi) is 7.36. The van der Waals surface area contributed by atoms with Crippen LogP contribution in [0.15, 0.2) is 200 Å². The number of hydrogen-bond donors (Lipinski definition) is 0. The standard InChI is InChI=1S/C59H39N3/c1-59(2)51-27-11-9-20-45(51)50-35-39(33-34-52(50)59)42-25-14-26-49-54-46-21-7-5-18-43(46)44-19-6-8-22-47(44)57(54)62(56(42)49)58-60-53-28-12-10-23-48(53)55(61-58)38-31-29-37(30-32-38)41-24-13-16-36-15-3-4-17-40(36)41/h3-35H,1-2H3. The summed E-state index contributed by atoms with van der Waals surface area (Å²) >= 11 is 0. The molecule has 0 unspecified atom stereocenters. The van der Waals surface area contributed by atoms with Gasteiger partial charge in [0.15, 0.2) is 0 Å². The Labute approximate surface area is 359 Å². The lowest BCUT2D eigenvalue weighted by Crippen LogP contribution is -2.14. The summed E-state index contributed by atoms with van der Waals surface area (Å²) in [5.74, 6) is 0.650. The fourth-order valence-corrected chi connectivity index (χ4v) is 10.7. The number of nitrogens with zero attached hydrogens (tertiary/aromatic N) is 3. The molecule has 1 aliphatic rings. The summed E-state index contributed by atoms with van der Waals surface area (Å²) in [5, 5.41) is 10.7. The van der Waals surface area contributed by atoms with Crippen molar-refractivity contribution in [2.24, 2.45) is 0 Å². The summed E-state index contributed by atoms with van der Waals surface area (Å²) in [4.78, 5) is 11.1. The number of aromatic nitrogens is 3. The van der Waals surface area contributed by atoms with Gasteiger partial charge in [0, 0.05) is 38.1 Å². The Morgan fingerprint density at radius 2 is 0.935 bits per heavy atom. The highest BCUT2D eigenvalue weighted by atomic mass is 15.2. The minimum atomic E-state index is -0.0778. The largest absolute Gasteiger partial charge is 0.277 e. The van der Waals surface area contributed by atoms with Crippen LogP contribution in [-0.2, 0) is 5.41 Å². The first-order chi connectivity index (χ1) is 30.5. The van der Waals surface area contributed by atoms with Gasteiger partial charge in [-0.2, -0.15) is 0 Å². The number of rotatable bonds is 4. The Hall–Kier alpha value is -7.88. The third kappa shape index (κ3) is 4.94. The van der Waals surface area contributed by atoms with Crippen molar-refractivity contribution in [1.82, 2.24) is 14.5 Å². The molecule has 0 radical (unpaired) electrons. The van der Waals surface area contributed by atoms with Crippen LogP contribution in [0.1, 0.15) is 25.0 Å². The smallest absolute Gasteiger partial charge is 0.235 e. The normalized spacial score (nSPS) is 13.1. The molecule has 0 fully saturated rings. The van der Waals surface area contributed by atoms with Gasteiger partial charge in [-0.25, -0.2) is 9.97 Å². The van der Waals surface area contributed by atoms with Gasteiger partial charge in [-0.15, -0.1) is 0 Å². The Morgan fingerprint density at radius 3 is 1.77 bits per heavy atom. The first-order valence-corrected chi connectivity index (χ1v) is 21.5. The second kappa shape index (κ2) is 13.1. The maximum absolute atomic E-state index is 5.65. The van der Waals surface area contributed by atoms with Crippen LogP contribution in [0, 0.1) is 0 Å². The van der Waals surface area contributed by atoms with E-state index in [1.807, 2.05) is 0 Å². The van der Waals surface area contributed by atoms with Crippen LogP contribution in [0.25, 0.3) is 116 Å². The van der Waals surface area contributed by atoms with Gasteiger partial charge in [-0.1, -0.05) is 202 Å². The fourth-order valence-electron chi connectivity index (χ4n) is 10.7. The lowest BCUT2D eigenvalue weighted by atomic mass is 9.82. The molecular formula is C59H39N3. The Bertz CT molecular complexity index is 3830. The molecular weight excluding hydrogens is 751 g/mol. The zero-order valence-electron chi connectivity index (χ0n) is 34.4. The van der Waals surface area contributed by atoms with E-state index in [1.165, 1.54) is 82.0 Å². The molecule has 2 aromatic heterocycles. The van der Waals surface area contributed by atoms with Crippen molar-refractivity contribution in [3.63, 3.8) is 0 Å². The molecule has 0 aliphatic heterocycles. The van der Waals surface area contributed by atoms with Crippen LogP contribution in [0.3, 0.4) is 0 Å². The van der Waals surface area contributed by atoms with Crippen LogP contribution < -0.4 is 0 Å². The van der Waals surface area contributed by atoms with E-state index in [2.05, 4.69) is 219 Å². The lowest BCUT2D eigenvalue weighted by molar-refractivity contribution is 0.660. The van der Waals surface area contributed by atoms with Gasteiger partial charge < -0.3 is 0 Å². The minimum Gasteiger partial charge on any atom is -0.277 e. The van der Waals surface area contributed by atoms with Crippen LogP contribution in [0.2, 0.25) is 0 Å². The van der Waals surface area contributed by atoms with E-state index in [0.29, 0.717) is 5.95 Å². The third-order valence-electron chi connectivity index (χ3n) is 13.6. The second-order valence-electron chi connectivity index (χ2n) is 17.3. The van der Waals surface area contributed by atoms with Crippen LogP contribution in [-0.4, -0.2) is 14.5 Å². The molecule has 0 amide bonds. The summed E-state index contributed by atoms with van der Waals surface area (Å²) in [5.41, 5.74) is 15.1. The van der Waals surface area contributed by atoms with Gasteiger partial charge in [-0.3, -0.25) is 4.57 Å². The van der Waals surface area contributed by atoms with Crippen molar-refractivity contribution in [3.8, 4) is 50.6 Å². The van der Waals surface area contributed by atoms with Crippen LogP contribution >= 0.6 is 0 Å². The summed E-state index contributed by atoms with van der Waals surface area (Å²) in [6, 6.07) is 73.0. The van der Waals surface area contributed by atoms with Crippen molar-refractivity contribution in [3.05, 3.63) is 211 Å². The molecule has 10 aromatic carbocycles. The molecule has 13 rings (SSSR count). The fraction of sp³-hybridized carbons (Fsp3) is 0.0508. The summed E-state index contributed by atoms with van der Waals surface area (Å²) in [6.45, 7) is 4.69. The molecule has 0 N–H and O–H groups in total. The van der Waals surface area contributed by atoms with E-state index >= 15 is 0 Å². The van der Waals surface area contributed by atoms with E-state index in [0.717, 1.165) is 38.8 Å². The molecule has 1 aliphatic carbocycles. The molecule has 12 aromatic rings. The quantitative estimate of drug-likeness (QED) is 0.166. The molecule has 0 spiro atoms. The number of fused-ring (bicyclic) bond motifs is 13. The SMILES string of the molecule is CC1(C)c2ccccc2-c2cc(-c3cccc4c5c6ccccc6c6ccccc6c5n(-c5nc(-c6ccc(-c7cccc8ccccc78)cc6)c6ccccc6n5)c34)ccc21. The van der Waals surface area contributed by atoms with Crippen molar-refractivity contribution in [2.75, 3.05) is 0 Å². The van der Waals surface area contributed by atoms with E-state index < -0.39 is 0 Å². The molecule has 2 heterocycles. The molecule has 0 saturated carbocycles. The maximum atomic E-state index is 5.65. The monoisotopic (exact) mass is 789 g/mol. The van der Waals surface area contributed by atoms with E-state index in [-0.39, 0.29) is 5.41 Å². The molecule has 3 heteroatoms. The first-order valence-electron chi connectivity index (χ1n) is 21.5. The average molecular weight is 790 g/mol. The van der Waals surface area contributed by atoms with Gasteiger partial charge in [-0.05, 0) is 78.0 Å². The molecule has 62 heavy (non-hydrogen) atoms.